The van der Waals surface area contributed by atoms with Gasteiger partial charge in [-0.15, -0.1) is 0 Å². The molecule has 1 fully saturated rings. The van der Waals surface area contributed by atoms with Crippen molar-refractivity contribution in [2.45, 2.75) is 25.5 Å². The number of hydrogen-bond acceptors (Lipinski definition) is 4. The molecule has 0 atom stereocenters. The molecule has 1 heterocycles. The fraction of sp³-hybridized carbons (Fsp3) is 0.294. The molecule has 1 amide bonds. The van der Waals surface area contributed by atoms with Gasteiger partial charge < -0.3 is 19.6 Å². The summed E-state index contributed by atoms with van der Waals surface area (Å²) in [6, 6.07) is 10.6. The molecule has 1 saturated carbocycles. The number of carbonyl (C=O) groups excluding carboxylic acids is 1. The number of ether oxygens (including phenoxy) is 1. The van der Waals surface area contributed by atoms with Gasteiger partial charge in [0.15, 0.2) is 5.76 Å². The molecule has 0 spiro atoms. The first kappa shape index (κ1) is 16.6. The summed E-state index contributed by atoms with van der Waals surface area (Å²) in [5.41, 5.74) is 0. The molecule has 0 aliphatic heterocycles. The van der Waals surface area contributed by atoms with E-state index in [1.165, 1.54) is 0 Å². The number of halogens is 1. The Labute approximate surface area is 146 Å². The van der Waals surface area contributed by atoms with E-state index >= 15 is 0 Å². The first-order chi connectivity index (χ1) is 11.5. The highest BCUT2D eigenvalue weighted by atomic mass is 79.9. The third-order valence-corrected chi connectivity index (χ3v) is 4.38. The molecule has 1 aromatic carbocycles. The van der Waals surface area contributed by atoms with Crippen LogP contribution in [0.1, 0.15) is 29.2 Å². The lowest BCUT2D eigenvalue weighted by atomic mass is 9.80. The molecule has 1 aliphatic carbocycles. The van der Waals surface area contributed by atoms with Crippen LogP contribution in [0, 0.1) is 5.92 Å². The van der Waals surface area contributed by atoms with E-state index in [4.69, 9.17) is 14.3 Å². The number of amides is 1. The quantitative estimate of drug-likeness (QED) is 0.786. The maximum absolute atomic E-state index is 12.1. The van der Waals surface area contributed by atoms with Gasteiger partial charge in [0.2, 0.25) is 0 Å². The van der Waals surface area contributed by atoms with Crippen LogP contribution in [-0.2, 0) is 11.4 Å². The second-order valence-electron chi connectivity index (χ2n) is 5.69. The monoisotopic (exact) mass is 393 g/mol. The molecule has 6 nitrogen and oxygen atoms in total. The molecule has 0 radical (unpaired) electrons. The average molecular weight is 394 g/mol. The molecule has 126 valence electrons. The van der Waals surface area contributed by atoms with Gasteiger partial charge in [-0.25, -0.2) is 0 Å². The first-order valence-electron chi connectivity index (χ1n) is 7.52. The van der Waals surface area contributed by atoms with E-state index in [-0.39, 0.29) is 30.2 Å². The Kier molecular flexibility index (Phi) is 4.89. The Morgan fingerprint density at radius 1 is 1.29 bits per heavy atom. The van der Waals surface area contributed by atoms with Crippen LogP contribution in [0.4, 0.5) is 0 Å². The van der Waals surface area contributed by atoms with E-state index in [2.05, 4.69) is 21.2 Å². The lowest BCUT2D eigenvalue weighted by molar-refractivity contribution is -0.145. The van der Waals surface area contributed by atoms with Crippen LogP contribution in [0.15, 0.2) is 45.3 Å². The minimum atomic E-state index is -0.814. The molecule has 24 heavy (non-hydrogen) atoms. The average Bonchev–Trinajstić information content (AvgIpc) is 2.97. The molecular weight excluding hydrogens is 378 g/mol. The molecule has 2 N–H and O–H groups in total. The van der Waals surface area contributed by atoms with Crippen LogP contribution in [0.25, 0.3) is 0 Å². The van der Waals surface area contributed by atoms with Crippen molar-refractivity contribution in [1.82, 2.24) is 5.32 Å². The third kappa shape index (κ3) is 3.97. The van der Waals surface area contributed by atoms with Crippen molar-refractivity contribution in [2.75, 3.05) is 0 Å². The normalized spacial score (nSPS) is 19.4. The van der Waals surface area contributed by atoms with E-state index in [0.29, 0.717) is 24.4 Å². The minimum absolute atomic E-state index is 0.106. The molecule has 7 heteroatoms. The first-order valence-corrected chi connectivity index (χ1v) is 8.31. The molecule has 0 saturated heterocycles. The van der Waals surface area contributed by atoms with Gasteiger partial charge in [0.1, 0.15) is 18.1 Å². The highest BCUT2D eigenvalue weighted by Crippen LogP contribution is 2.27. The van der Waals surface area contributed by atoms with Crippen molar-refractivity contribution in [3.05, 3.63) is 52.4 Å². The second kappa shape index (κ2) is 7.09. The van der Waals surface area contributed by atoms with Crippen molar-refractivity contribution in [2.24, 2.45) is 5.92 Å². The summed E-state index contributed by atoms with van der Waals surface area (Å²) in [5, 5.41) is 11.6. The Morgan fingerprint density at radius 2 is 2.08 bits per heavy atom. The fourth-order valence-corrected chi connectivity index (χ4v) is 2.86. The Hall–Kier alpha value is -2.28. The summed E-state index contributed by atoms with van der Waals surface area (Å²) in [5.74, 6) is -0.0798. The maximum atomic E-state index is 12.1. The van der Waals surface area contributed by atoms with E-state index < -0.39 is 5.97 Å². The van der Waals surface area contributed by atoms with Crippen LogP contribution in [-0.4, -0.2) is 23.0 Å². The van der Waals surface area contributed by atoms with E-state index in [1.54, 1.807) is 12.1 Å². The molecule has 1 aromatic heterocycles. The van der Waals surface area contributed by atoms with Gasteiger partial charge in [-0.1, -0.05) is 22.0 Å². The Bertz CT molecular complexity index is 751. The van der Waals surface area contributed by atoms with Crippen molar-refractivity contribution < 1.29 is 23.8 Å². The molecule has 1 aliphatic rings. The van der Waals surface area contributed by atoms with Crippen LogP contribution < -0.4 is 10.1 Å². The number of hydrogen-bond donors (Lipinski definition) is 2. The van der Waals surface area contributed by atoms with Crippen LogP contribution in [0.5, 0.6) is 5.75 Å². The molecule has 0 unspecified atom stereocenters. The Balaban J connectivity index is 1.50. The summed E-state index contributed by atoms with van der Waals surface area (Å²) in [7, 11) is 0. The minimum Gasteiger partial charge on any atom is -0.486 e. The largest absolute Gasteiger partial charge is 0.486 e. The number of carboxylic acid groups (broad SMARTS) is 1. The smallest absolute Gasteiger partial charge is 0.306 e. The van der Waals surface area contributed by atoms with Crippen molar-refractivity contribution in [3.63, 3.8) is 0 Å². The van der Waals surface area contributed by atoms with Gasteiger partial charge in [-0.05, 0) is 43.2 Å². The van der Waals surface area contributed by atoms with Crippen LogP contribution in [0.3, 0.4) is 0 Å². The predicted molar refractivity (Wildman–Crippen MR) is 88.8 cm³/mol. The molecular formula is C17H16BrNO5. The van der Waals surface area contributed by atoms with Gasteiger partial charge >= 0.3 is 5.97 Å². The summed E-state index contributed by atoms with van der Waals surface area (Å²) < 4.78 is 12.0. The number of nitrogens with one attached hydrogen (secondary N) is 1. The van der Waals surface area contributed by atoms with Gasteiger partial charge in [0, 0.05) is 10.5 Å². The van der Waals surface area contributed by atoms with Gasteiger partial charge in [-0.2, -0.15) is 0 Å². The zero-order valence-electron chi connectivity index (χ0n) is 12.7. The summed E-state index contributed by atoms with van der Waals surface area (Å²) in [6.45, 7) is 0.217. The molecule has 2 aromatic rings. The van der Waals surface area contributed by atoms with Gasteiger partial charge in [0.05, 0.1) is 5.92 Å². The lowest BCUT2D eigenvalue weighted by Crippen LogP contribution is -2.46. The van der Waals surface area contributed by atoms with Crippen molar-refractivity contribution >= 4 is 27.8 Å². The van der Waals surface area contributed by atoms with Crippen LogP contribution in [0.2, 0.25) is 0 Å². The van der Waals surface area contributed by atoms with E-state index in [0.717, 1.165) is 4.47 Å². The van der Waals surface area contributed by atoms with Gasteiger partial charge in [-0.3, -0.25) is 9.59 Å². The Morgan fingerprint density at radius 3 is 2.79 bits per heavy atom. The number of furan rings is 1. The SMILES string of the molecule is O=C(NC1CC(C(=O)O)C1)c1ccc(COc2cccc(Br)c2)o1. The zero-order valence-corrected chi connectivity index (χ0v) is 14.3. The van der Waals surface area contributed by atoms with Crippen molar-refractivity contribution in [3.8, 4) is 5.75 Å². The highest BCUT2D eigenvalue weighted by Gasteiger charge is 2.35. The maximum Gasteiger partial charge on any atom is 0.306 e. The second-order valence-corrected chi connectivity index (χ2v) is 6.60. The number of carboxylic acids is 1. The standard InChI is InChI=1S/C17H16BrNO5/c18-11-2-1-3-13(8-11)23-9-14-4-5-15(24-14)16(20)19-12-6-10(7-12)17(21)22/h1-5,8,10,12H,6-7,9H2,(H,19,20)(H,21,22). The molecule has 0 bridgehead atoms. The molecule has 3 rings (SSSR count). The topological polar surface area (TPSA) is 88.8 Å². The van der Waals surface area contributed by atoms with Gasteiger partial charge in [0.25, 0.3) is 5.91 Å². The predicted octanol–water partition coefficient (Wildman–Crippen LogP) is 3.21. The summed E-state index contributed by atoms with van der Waals surface area (Å²) in [4.78, 5) is 22.8. The van der Waals surface area contributed by atoms with E-state index in [1.807, 2.05) is 24.3 Å². The van der Waals surface area contributed by atoms with Crippen LogP contribution >= 0.6 is 15.9 Å². The number of aliphatic carboxylic acids is 1. The number of carbonyl (C=O) groups is 2. The summed E-state index contributed by atoms with van der Waals surface area (Å²) >= 11 is 3.37. The highest BCUT2D eigenvalue weighted by molar-refractivity contribution is 9.10. The summed E-state index contributed by atoms with van der Waals surface area (Å²) in [6.07, 6.45) is 0.918. The number of rotatable bonds is 6. The zero-order chi connectivity index (χ0) is 17.1. The lowest BCUT2D eigenvalue weighted by Gasteiger charge is -2.32. The van der Waals surface area contributed by atoms with Crippen molar-refractivity contribution in [1.29, 1.82) is 0 Å². The number of benzene rings is 1. The third-order valence-electron chi connectivity index (χ3n) is 3.89. The fourth-order valence-electron chi connectivity index (χ4n) is 2.48. The van der Waals surface area contributed by atoms with E-state index in [9.17, 15) is 9.59 Å².